The average Bonchev–Trinajstić information content (AvgIpc) is 2.77. The largest absolute Gasteiger partial charge is 0.378 e. The second kappa shape index (κ2) is 7.28. The first-order chi connectivity index (χ1) is 15.0. The Balaban J connectivity index is 2.38. The molecule has 166 valence electrons. The zero-order valence-electron chi connectivity index (χ0n) is 16.0. The fourth-order valence-corrected chi connectivity index (χ4v) is 3.39. The van der Waals surface area contributed by atoms with E-state index in [9.17, 15) is 39.5 Å². The van der Waals surface area contributed by atoms with Crippen LogP contribution in [0.5, 0.6) is 0 Å². The minimum atomic E-state index is -2.48. The SMILES string of the molecule is CN(C)c1ccc2nc3c(F)c(F)c(F)c(F)c3c(-c3c(F)c(F)c(F)c(F)c3F)c2c1. The number of hydrogen-bond acceptors (Lipinski definition) is 2. The van der Waals surface area contributed by atoms with Gasteiger partial charge in [-0.2, -0.15) is 0 Å². The van der Waals surface area contributed by atoms with E-state index in [1.54, 1.807) is 14.1 Å². The van der Waals surface area contributed by atoms with E-state index in [-0.39, 0.29) is 5.52 Å². The summed E-state index contributed by atoms with van der Waals surface area (Å²) in [6.45, 7) is 0. The molecule has 4 rings (SSSR count). The van der Waals surface area contributed by atoms with E-state index >= 15 is 0 Å². The van der Waals surface area contributed by atoms with Gasteiger partial charge in [0.1, 0.15) is 5.52 Å². The Labute approximate surface area is 173 Å². The number of fused-ring (bicyclic) bond motifs is 2. The maximum absolute atomic E-state index is 14.8. The van der Waals surface area contributed by atoms with Crippen LogP contribution in [-0.2, 0) is 0 Å². The van der Waals surface area contributed by atoms with Crippen LogP contribution in [0.15, 0.2) is 18.2 Å². The zero-order valence-corrected chi connectivity index (χ0v) is 16.0. The van der Waals surface area contributed by atoms with Gasteiger partial charge in [0.05, 0.1) is 16.5 Å². The standard InChI is InChI=1S/C21H9F9N2/c1-32(2)6-3-4-8-7(5-6)9(10-12(22)15(25)18(28)16(26)13(10)23)11-14(24)17(27)19(29)20(30)21(11)31-8/h3-5H,1-2H3. The van der Waals surface area contributed by atoms with Gasteiger partial charge in [0, 0.05) is 30.7 Å². The highest BCUT2D eigenvalue weighted by Crippen LogP contribution is 2.43. The molecule has 0 atom stereocenters. The van der Waals surface area contributed by atoms with E-state index in [1.165, 1.54) is 17.0 Å². The zero-order chi connectivity index (χ0) is 23.6. The topological polar surface area (TPSA) is 16.1 Å². The molecule has 0 radical (unpaired) electrons. The minimum Gasteiger partial charge on any atom is -0.378 e. The van der Waals surface area contributed by atoms with E-state index in [1.807, 2.05) is 0 Å². The molecule has 11 heteroatoms. The lowest BCUT2D eigenvalue weighted by Gasteiger charge is -2.18. The Bertz CT molecular complexity index is 1420. The van der Waals surface area contributed by atoms with Crippen molar-refractivity contribution in [3.05, 3.63) is 70.6 Å². The van der Waals surface area contributed by atoms with Crippen molar-refractivity contribution in [2.45, 2.75) is 0 Å². The Hall–Kier alpha value is -3.50. The van der Waals surface area contributed by atoms with Crippen LogP contribution < -0.4 is 4.90 Å². The maximum Gasteiger partial charge on any atom is 0.200 e. The molecular weight excluding hydrogens is 451 g/mol. The van der Waals surface area contributed by atoms with Gasteiger partial charge in [-0.3, -0.25) is 0 Å². The van der Waals surface area contributed by atoms with E-state index in [0.717, 1.165) is 6.07 Å². The van der Waals surface area contributed by atoms with Gasteiger partial charge < -0.3 is 4.90 Å². The van der Waals surface area contributed by atoms with Crippen molar-refractivity contribution in [3.63, 3.8) is 0 Å². The summed E-state index contributed by atoms with van der Waals surface area (Å²) in [4.78, 5) is 5.18. The number of rotatable bonds is 2. The molecule has 3 aromatic carbocycles. The number of anilines is 1. The molecule has 2 nitrogen and oxygen atoms in total. The average molecular weight is 460 g/mol. The van der Waals surface area contributed by atoms with Crippen molar-refractivity contribution in [2.75, 3.05) is 19.0 Å². The highest BCUT2D eigenvalue weighted by Gasteiger charge is 2.32. The molecule has 0 aliphatic carbocycles. The molecule has 1 aromatic heterocycles. The quantitative estimate of drug-likeness (QED) is 0.150. The first-order valence-corrected chi connectivity index (χ1v) is 8.75. The summed E-state index contributed by atoms with van der Waals surface area (Å²) in [7, 11) is 3.09. The molecule has 0 aliphatic heterocycles. The lowest BCUT2D eigenvalue weighted by Crippen LogP contribution is -2.10. The Morgan fingerprint density at radius 2 is 1.09 bits per heavy atom. The number of aromatic nitrogens is 1. The fraction of sp³-hybridized carbons (Fsp3) is 0.0952. The highest BCUT2D eigenvalue weighted by molar-refractivity contribution is 6.10. The minimum absolute atomic E-state index is 0.300. The van der Waals surface area contributed by atoms with Gasteiger partial charge in [-0.25, -0.2) is 44.5 Å². The molecule has 0 saturated heterocycles. The third kappa shape index (κ3) is 2.87. The first kappa shape index (κ1) is 21.7. The second-order valence-corrected chi connectivity index (χ2v) is 7.01. The number of pyridine rings is 1. The second-order valence-electron chi connectivity index (χ2n) is 7.01. The monoisotopic (exact) mass is 460 g/mol. The normalized spacial score (nSPS) is 11.6. The van der Waals surface area contributed by atoms with Crippen LogP contribution in [0, 0.1) is 52.4 Å². The molecule has 0 unspecified atom stereocenters. The summed E-state index contributed by atoms with van der Waals surface area (Å²) in [6.07, 6.45) is 0. The Kier molecular flexibility index (Phi) is 4.94. The van der Waals surface area contributed by atoms with E-state index in [0.29, 0.717) is 5.69 Å². The van der Waals surface area contributed by atoms with Crippen LogP contribution in [-0.4, -0.2) is 19.1 Å². The molecule has 0 N–H and O–H groups in total. The van der Waals surface area contributed by atoms with Gasteiger partial charge in [-0.05, 0) is 18.2 Å². The van der Waals surface area contributed by atoms with Crippen LogP contribution in [0.2, 0.25) is 0 Å². The van der Waals surface area contributed by atoms with Crippen molar-refractivity contribution in [1.82, 2.24) is 4.98 Å². The summed E-state index contributed by atoms with van der Waals surface area (Å²) in [5.41, 5.74) is -3.89. The predicted octanol–water partition coefficient (Wildman–Crippen LogP) is 6.37. The lowest BCUT2D eigenvalue weighted by molar-refractivity contribution is 0.381. The summed E-state index contributed by atoms with van der Waals surface area (Å²) in [5, 5.41) is -1.68. The van der Waals surface area contributed by atoms with E-state index in [4.69, 9.17) is 0 Å². The van der Waals surface area contributed by atoms with Gasteiger partial charge in [-0.1, -0.05) is 0 Å². The van der Waals surface area contributed by atoms with Gasteiger partial charge in [0.25, 0.3) is 0 Å². The molecule has 1 heterocycles. The molecule has 0 bridgehead atoms. The molecule has 0 saturated carbocycles. The van der Waals surface area contributed by atoms with Crippen LogP contribution in [0.25, 0.3) is 32.9 Å². The van der Waals surface area contributed by atoms with Crippen LogP contribution in [0.3, 0.4) is 0 Å². The van der Waals surface area contributed by atoms with Crippen LogP contribution >= 0.6 is 0 Å². The van der Waals surface area contributed by atoms with Crippen molar-refractivity contribution in [2.24, 2.45) is 0 Å². The molecule has 0 aliphatic rings. The van der Waals surface area contributed by atoms with Gasteiger partial charge in [0.15, 0.2) is 46.5 Å². The third-order valence-electron chi connectivity index (χ3n) is 4.95. The molecular formula is C21H9F9N2. The number of halogens is 9. The molecule has 0 amide bonds. The van der Waals surface area contributed by atoms with Gasteiger partial charge in [0.2, 0.25) is 5.82 Å². The maximum atomic E-state index is 14.8. The van der Waals surface area contributed by atoms with E-state index in [2.05, 4.69) is 4.98 Å². The summed E-state index contributed by atoms with van der Waals surface area (Å²) >= 11 is 0. The van der Waals surface area contributed by atoms with Crippen molar-refractivity contribution in [1.29, 1.82) is 0 Å². The Morgan fingerprint density at radius 1 is 0.594 bits per heavy atom. The van der Waals surface area contributed by atoms with E-state index < -0.39 is 79.8 Å². The Morgan fingerprint density at radius 3 is 1.66 bits per heavy atom. The molecule has 0 fully saturated rings. The predicted molar refractivity (Wildman–Crippen MR) is 98.6 cm³/mol. The summed E-state index contributed by atoms with van der Waals surface area (Å²) < 4.78 is 128. The van der Waals surface area contributed by atoms with Crippen LogP contribution in [0.1, 0.15) is 0 Å². The van der Waals surface area contributed by atoms with Crippen molar-refractivity contribution in [3.8, 4) is 11.1 Å². The summed E-state index contributed by atoms with van der Waals surface area (Å²) in [6, 6.07) is 3.73. The molecule has 32 heavy (non-hydrogen) atoms. The number of hydrogen-bond donors (Lipinski definition) is 0. The molecule has 0 spiro atoms. The smallest absolute Gasteiger partial charge is 0.200 e. The third-order valence-corrected chi connectivity index (χ3v) is 4.95. The molecule has 4 aromatic rings. The lowest BCUT2D eigenvalue weighted by atomic mass is 9.93. The van der Waals surface area contributed by atoms with Crippen molar-refractivity contribution >= 4 is 27.5 Å². The van der Waals surface area contributed by atoms with Gasteiger partial charge in [-0.15, -0.1) is 0 Å². The van der Waals surface area contributed by atoms with Crippen LogP contribution in [0.4, 0.5) is 45.2 Å². The first-order valence-electron chi connectivity index (χ1n) is 8.75. The van der Waals surface area contributed by atoms with Crippen molar-refractivity contribution < 1.29 is 39.5 Å². The summed E-state index contributed by atoms with van der Waals surface area (Å²) in [5.74, 6) is -20.6. The fourth-order valence-electron chi connectivity index (χ4n) is 3.39. The number of benzene rings is 3. The number of nitrogens with zero attached hydrogens (tertiary/aromatic N) is 2. The van der Waals surface area contributed by atoms with Gasteiger partial charge >= 0.3 is 0 Å². The highest BCUT2D eigenvalue weighted by atomic mass is 19.2.